The lowest BCUT2D eigenvalue weighted by molar-refractivity contribution is -0.384. The molecule has 0 heterocycles. The third-order valence-electron chi connectivity index (χ3n) is 2.80. The van der Waals surface area contributed by atoms with Crippen LogP contribution in [0.25, 0.3) is 0 Å². The van der Waals surface area contributed by atoms with Gasteiger partial charge in [0, 0.05) is 39.2 Å². The summed E-state index contributed by atoms with van der Waals surface area (Å²) in [5.74, 6) is -0.257. The molecule has 110 valence electrons. The van der Waals surface area contributed by atoms with Crippen LogP contribution in [-0.2, 0) is 4.79 Å². The van der Waals surface area contributed by atoms with Crippen molar-refractivity contribution in [3.05, 3.63) is 28.3 Å². The van der Waals surface area contributed by atoms with E-state index in [-0.39, 0.29) is 11.6 Å². The molecule has 1 aromatic carbocycles. The first-order valence-electron chi connectivity index (χ1n) is 6.23. The van der Waals surface area contributed by atoms with Crippen molar-refractivity contribution in [3.63, 3.8) is 0 Å². The Balaban J connectivity index is 3.03. The van der Waals surface area contributed by atoms with Crippen LogP contribution in [0.2, 0.25) is 0 Å². The summed E-state index contributed by atoms with van der Waals surface area (Å²) in [5, 5.41) is 13.4. The SMILES string of the molecule is CC(=O)Nc1cc([N+](=O)[O-])ccc1N(C)CCN(C)C. The number of amides is 1. The van der Waals surface area contributed by atoms with E-state index in [0.29, 0.717) is 5.69 Å². The summed E-state index contributed by atoms with van der Waals surface area (Å²) in [6, 6.07) is 4.47. The fraction of sp³-hybridized carbons (Fsp3) is 0.462. The molecular weight excluding hydrogens is 260 g/mol. The van der Waals surface area contributed by atoms with Crippen LogP contribution in [0.5, 0.6) is 0 Å². The lowest BCUT2D eigenvalue weighted by Crippen LogP contribution is -2.29. The van der Waals surface area contributed by atoms with Gasteiger partial charge in [0.1, 0.15) is 0 Å². The van der Waals surface area contributed by atoms with Gasteiger partial charge in [0.25, 0.3) is 5.69 Å². The summed E-state index contributed by atoms with van der Waals surface area (Å²) in [7, 11) is 5.83. The van der Waals surface area contributed by atoms with Gasteiger partial charge in [-0.05, 0) is 20.2 Å². The number of hydrogen-bond donors (Lipinski definition) is 1. The highest BCUT2D eigenvalue weighted by atomic mass is 16.6. The smallest absolute Gasteiger partial charge is 0.271 e. The molecule has 0 bridgehead atoms. The van der Waals surface area contributed by atoms with E-state index in [2.05, 4.69) is 5.32 Å². The second-order valence-corrected chi connectivity index (χ2v) is 4.86. The van der Waals surface area contributed by atoms with E-state index in [1.54, 1.807) is 6.07 Å². The number of rotatable bonds is 6. The van der Waals surface area contributed by atoms with Crippen molar-refractivity contribution in [2.24, 2.45) is 0 Å². The van der Waals surface area contributed by atoms with E-state index in [9.17, 15) is 14.9 Å². The Bertz CT molecular complexity index is 502. The number of likely N-dealkylation sites (N-methyl/N-ethyl adjacent to an activating group) is 2. The molecule has 0 spiro atoms. The molecule has 0 aromatic heterocycles. The predicted molar refractivity (Wildman–Crippen MR) is 79.2 cm³/mol. The van der Waals surface area contributed by atoms with E-state index in [1.165, 1.54) is 19.1 Å². The minimum atomic E-state index is -0.477. The van der Waals surface area contributed by atoms with Crippen LogP contribution >= 0.6 is 0 Å². The van der Waals surface area contributed by atoms with Crippen molar-refractivity contribution >= 4 is 23.0 Å². The number of carbonyl (C=O) groups excluding carboxylic acids is 1. The molecule has 1 rings (SSSR count). The Hall–Kier alpha value is -2.15. The van der Waals surface area contributed by atoms with Crippen molar-refractivity contribution in [1.82, 2.24) is 4.90 Å². The monoisotopic (exact) mass is 280 g/mol. The van der Waals surface area contributed by atoms with E-state index < -0.39 is 4.92 Å². The highest BCUT2D eigenvalue weighted by Gasteiger charge is 2.14. The van der Waals surface area contributed by atoms with Crippen LogP contribution in [0.3, 0.4) is 0 Å². The molecule has 0 radical (unpaired) electrons. The number of hydrogen-bond acceptors (Lipinski definition) is 5. The van der Waals surface area contributed by atoms with Crippen molar-refractivity contribution in [1.29, 1.82) is 0 Å². The van der Waals surface area contributed by atoms with Crippen LogP contribution in [-0.4, -0.2) is 50.0 Å². The summed E-state index contributed by atoms with van der Waals surface area (Å²) in [6.45, 7) is 2.97. The Morgan fingerprint density at radius 2 is 1.95 bits per heavy atom. The molecule has 0 aliphatic carbocycles. The van der Waals surface area contributed by atoms with Gasteiger partial charge in [-0.3, -0.25) is 14.9 Å². The Morgan fingerprint density at radius 3 is 2.45 bits per heavy atom. The number of nitrogens with one attached hydrogen (secondary N) is 1. The molecule has 1 N–H and O–H groups in total. The number of anilines is 2. The molecule has 0 aliphatic heterocycles. The summed E-state index contributed by atoms with van der Waals surface area (Å²) >= 11 is 0. The van der Waals surface area contributed by atoms with Gasteiger partial charge in [0.15, 0.2) is 0 Å². The maximum Gasteiger partial charge on any atom is 0.271 e. The summed E-state index contributed by atoms with van der Waals surface area (Å²) in [4.78, 5) is 25.6. The second kappa shape index (κ2) is 6.85. The van der Waals surface area contributed by atoms with Gasteiger partial charge in [0.05, 0.1) is 16.3 Å². The van der Waals surface area contributed by atoms with E-state index in [0.717, 1.165) is 18.8 Å². The quantitative estimate of drug-likeness (QED) is 0.632. The average Bonchev–Trinajstić information content (AvgIpc) is 2.35. The van der Waals surface area contributed by atoms with Gasteiger partial charge in [-0.2, -0.15) is 0 Å². The molecule has 0 atom stereocenters. The zero-order valence-corrected chi connectivity index (χ0v) is 12.2. The van der Waals surface area contributed by atoms with Crippen LogP contribution in [0.4, 0.5) is 17.1 Å². The van der Waals surface area contributed by atoms with Crippen molar-refractivity contribution in [2.45, 2.75) is 6.92 Å². The van der Waals surface area contributed by atoms with Crippen LogP contribution < -0.4 is 10.2 Å². The Morgan fingerprint density at radius 1 is 1.30 bits per heavy atom. The van der Waals surface area contributed by atoms with Gasteiger partial charge in [-0.15, -0.1) is 0 Å². The molecule has 1 amide bonds. The fourth-order valence-electron chi connectivity index (χ4n) is 1.73. The average molecular weight is 280 g/mol. The number of nitro benzene ring substituents is 1. The van der Waals surface area contributed by atoms with Gasteiger partial charge < -0.3 is 15.1 Å². The van der Waals surface area contributed by atoms with Gasteiger partial charge >= 0.3 is 0 Å². The van der Waals surface area contributed by atoms with Crippen molar-refractivity contribution < 1.29 is 9.72 Å². The minimum absolute atomic E-state index is 0.0430. The molecule has 7 nitrogen and oxygen atoms in total. The maximum absolute atomic E-state index is 11.2. The van der Waals surface area contributed by atoms with Crippen molar-refractivity contribution in [2.75, 3.05) is 44.4 Å². The molecule has 0 fully saturated rings. The number of non-ortho nitro benzene ring substituents is 1. The minimum Gasteiger partial charge on any atom is -0.372 e. The molecule has 20 heavy (non-hydrogen) atoms. The first-order valence-corrected chi connectivity index (χ1v) is 6.23. The molecular formula is C13H20N4O3. The normalized spacial score (nSPS) is 10.4. The zero-order chi connectivity index (χ0) is 15.3. The number of benzene rings is 1. The number of carbonyl (C=O) groups is 1. The van der Waals surface area contributed by atoms with Crippen molar-refractivity contribution in [3.8, 4) is 0 Å². The lowest BCUT2D eigenvalue weighted by atomic mass is 10.2. The lowest BCUT2D eigenvalue weighted by Gasteiger charge is -2.24. The van der Waals surface area contributed by atoms with Crippen LogP contribution in [0, 0.1) is 10.1 Å². The summed E-state index contributed by atoms with van der Waals surface area (Å²) in [6.07, 6.45) is 0. The number of nitro groups is 1. The molecule has 0 saturated carbocycles. The highest BCUT2D eigenvalue weighted by Crippen LogP contribution is 2.29. The van der Waals surface area contributed by atoms with E-state index >= 15 is 0 Å². The summed E-state index contributed by atoms with van der Waals surface area (Å²) < 4.78 is 0. The maximum atomic E-state index is 11.2. The summed E-state index contributed by atoms with van der Waals surface area (Å²) in [5.41, 5.74) is 1.17. The Kier molecular flexibility index (Phi) is 5.45. The topological polar surface area (TPSA) is 78.7 Å². The van der Waals surface area contributed by atoms with Gasteiger partial charge in [0.2, 0.25) is 5.91 Å². The molecule has 0 saturated heterocycles. The predicted octanol–water partition coefficient (Wildman–Crippen LogP) is 1.55. The third kappa shape index (κ3) is 4.51. The standard InChI is InChI=1S/C13H20N4O3/c1-10(18)14-12-9-11(17(19)20)5-6-13(12)16(4)8-7-15(2)3/h5-6,9H,7-8H2,1-4H3,(H,14,18). The first-order chi connectivity index (χ1) is 9.31. The van der Waals surface area contributed by atoms with Gasteiger partial charge in [-0.1, -0.05) is 0 Å². The molecule has 7 heteroatoms. The third-order valence-corrected chi connectivity index (χ3v) is 2.80. The van der Waals surface area contributed by atoms with Crippen LogP contribution in [0.15, 0.2) is 18.2 Å². The molecule has 0 aliphatic rings. The van der Waals surface area contributed by atoms with Crippen LogP contribution in [0.1, 0.15) is 6.92 Å². The highest BCUT2D eigenvalue weighted by molar-refractivity contribution is 5.93. The largest absolute Gasteiger partial charge is 0.372 e. The zero-order valence-electron chi connectivity index (χ0n) is 12.2. The number of nitrogens with zero attached hydrogens (tertiary/aromatic N) is 3. The van der Waals surface area contributed by atoms with Gasteiger partial charge in [-0.25, -0.2) is 0 Å². The molecule has 1 aromatic rings. The van der Waals surface area contributed by atoms with E-state index in [1.807, 2.05) is 30.9 Å². The first kappa shape index (κ1) is 15.9. The van der Waals surface area contributed by atoms with E-state index in [4.69, 9.17) is 0 Å². The molecule has 0 unspecified atom stereocenters. The fourth-order valence-corrected chi connectivity index (χ4v) is 1.73. The second-order valence-electron chi connectivity index (χ2n) is 4.86. The Labute approximate surface area is 118 Å².